The maximum absolute atomic E-state index is 11.6. The number of hydrogen-bond donors (Lipinski definition) is 3. The summed E-state index contributed by atoms with van der Waals surface area (Å²) in [6, 6.07) is -0.633. The standard InChI is InChI=1S/C11H22N4O3/c1-3-9(16)15-8(10(17)18-4-2)6-5-7-14-11(12)13/h8H,3-7H2,1-2H3,(H,15,16)(H4,12,13,14)/t8-/m0/s1. The molecule has 0 aliphatic rings. The van der Waals surface area contributed by atoms with Crippen molar-refractivity contribution in [2.45, 2.75) is 39.2 Å². The first-order chi connectivity index (χ1) is 8.51. The van der Waals surface area contributed by atoms with E-state index in [4.69, 9.17) is 16.2 Å². The zero-order valence-corrected chi connectivity index (χ0v) is 10.9. The molecule has 1 amide bonds. The number of ether oxygens (including phenoxy) is 1. The molecule has 0 fully saturated rings. The number of hydrogen-bond acceptors (Lipinski definition) is 4. The Labute approximate surface area is 107 Å². The molecule has 0 bridgehead atoms. The molecule has 1 atom stereocenters. The van der Waals surface area contributed by atoms with Crippen LogP contribution in [-0.4, -0.2) is 37.0 Å². The minimum Gasteiger partial charge on any atom is -0.464 e. The fraction of sp³-hybridized carbons (Fsp3) is 0.727. The van der Waals surface area contributed by atoms with Crippen LogP contribution in [0.4, 0.5) is 0 Å². The number of nitrogens with one attached hydrogen (secondary N) is 1. The van der Waals surface area contributed by atoms with Crippen LogP contribution in [0.15, 0.2) is 4.99 Å². The zero-order valence-electron chi connectivity index (χ0n) is 10.9. The third-order valence-electron chi connectivity index (χ3n) is 2.17. The van der Waals surface area contributed by atoms with E-state index in [0.717, 1.165) is 0 Å². The first-order valence-electron chi connectivity index (χ1n) is 6.02. The number of nitrogens with two attached hydrogens (primary N) is 2. The lowest BCUT2D eigenvalue weighted by Crippen LogP contribution is -2.41. The van der Waals surface area contributed by atoms with Crippen LogP contribution in [0.25, 0.3) is 0 Å². The van der Waals surface area contributed by atoms with Crippen LogP contribution in [0, 0.1) is 0 Å². The summed E-state index contributed by atoms with van der Waals surface area (Å²) in [5.41, 5.74) is 10.4. The average molecular weight is 258 g/mol. The largest absolute Gasteiger partial charge is 0.464 e. The van der Waals surface area contributed by atoms with Gasteiger partial charge >= 0.3 is 5.97 Å². The van der Waals surface area contributed by atoms with Crippen molar-refractivity contribution in [2.24, 2.45) is 16.5 Å². The number of amides is 1. The molecule has 5 N–H and O–H groups in total. The second-order valence-corrected chi connectivity index (χ2v) is 3.67. The average Bonchev–Trinajstić information content (AvgIpc) is 2.32. The molecule has 0 heterocycles. The highest BCUT2D eigenvalue weighted by Crippen LogP contribution is 2.01. The smallest absolute Gasteiger partial charge is 0.328 e. The molecule has 0 aromatic rings. The number of esters is 1. The van der Waals surface area contributed by atoms with E-state index in [0.29, 0.717) is 25.8 Å². The van der Waals surface area contributed by atoms with Gasteiger partial charge in [-0.2, -0.15) is 0 Å². The summed E-state index contributed by atoms with van der Waals surface area (Å²) in [7, 11) is 0. The highest BCUT2D eigenvalue weighted by Gasteiger charge is 2.20. The Morgan fingerprint density at radius 3 is 2.50 bits per heavy atom. The number of guanidine groups is 1. The van der Waals surface area contributed by atoms with Gasteiger partial charge in [-0.05, 0) is 19.8 Å². The molecule has 104 valence electrons. The van der Waals surface area contributed by atoms with E-state index in [9.17, 15) is 9.59 Å². The monoisotopic (exact) mass is 258 g/mol. The minimum atomic E-state index is -0.633. The lowest BCUT2D eigenvalue weighted by atomic mass is 10.1. The fourth-order valence-corrected chi connectivity index (χ4v) is 1.29. The van der Waals surface area contributed by atoms with Crippen molar-refractivity contribution in [3.05, 3.63) is 0 Å². The molecule has 7 heteroatoms. The second-order valence-electron chi connectivity index (χ2n) is 3.67. The van der Waals surface area contributed by atoms with E-state index in [-0.39, 0.29) is 18.5 Å². The van der Waals surface area contributed by atoms with E-state index < -0.39 is 12.0 Å². The summed E-state index contributed by atoms with van der Waals surface area (Å²) >= 11 is 0. The summed E-state index contributed by atoms with van der Waals surface area (Å²) < 4.78 is 4.89. The molecule has 0 saturated heterocycles. The minimum absolute atomic E-state index is 0.0141. The predicted octanol–water partition coefficient (Wildman–Crippen LogP) is -0.502. The van der Waals surface area contributed by atoms with E-state index in [1.165, 1.54) is 0 Å². The molecule has 0 saturated carbocycles. The maximum Gasteiger partial charge on any atom is 0.328 e. The van der Waals surface area contributed by atoms with Gasteiger partial charge in [0.15, 0.2) is 5.96 Å². The molecule has 0 aliphatic heterocycles. The van der Waals surface area contributed by atoms with Crippen molar-refractivity contribution < 1.29 is 14.3 Å². The van der Waals surface area contributed by atoms with Gasteiger partial charge in [-0.1, -0.05) is 6.92 Å². The Morgan fingerprint density at radius 2 is 2.00 bits per heavy atom. The van der Waals surface area contributed by atoms with Gasteiger partial charge in [0, 0.05) is 13.0 Å². The topological polar surface area (TPSA) is 120 Å². The Balaban J connectivity index is 4.24. The van der Waals surface area contributed by atoms with Gasteiger partial charge in [-0.15, -0.1) is 0 Å². The van der Waals surface area contributed by atoms with E-state index in [2.05, 4.69) is 10.3 Å². The molecule has 0 rings (SSSR count). The Kier molecular flexibility index (Phi) is 8.34. The first kappa shape index (κ1) is 16.2. The van der Waals surface area contributed by atoms with Crippen molar-refractivity contribution >= 4 is 17.8 Å². The molecule has 7 nitrogen and oxygen atoms in total. The quantitative estimate of drug-likeness (QED) is 0.234. The number of aliphatic imine (C=N–C) groups is 1. The lowest BCUT2D eigenvalue weighted by Gasteiger charge is -2.16. The molecule has 0 aromatic carbocycles. The predicted molar refractivity (Wildman–Crippen MR) is 68.8 cm³/mol. The lowest BCUT2D eigenvalue weighted by molar-refractivity contribution is -0.147. The van der Waals surface area contributed by atoms with Gasteiger partial charge in [0.05, 0.1) is 6.61 Å². The Bertz CT molecular complexity index is 301. The van der Waals surface area contributed by atoms with Crippen molar-refractivity contribution in [2.75, 3.05) is 13.2 Å². The van der Waals surface area contributed by atoms with Gasteiger partial charge < -0.3 is 21.5 Å². The Hall–Kier alpha value is -1.79. The summed E-state index contributed by atoms with van der Waals surface area (Å²) in [6.07, 6.45) is 1.36. The van der Waals surface area contributed by atoms with Gasteiger partial charge in [0.1, 0.15) is 6.04 Å². The highest BCUT2D eigenvalue weighted by molar-refractivity contribution is 5.84. The number of carbonyl (C=O) groups excluding carboxylic acids is 2. The SMILES string of the molecule is CCOC(=O)[C@H](CCCN=C(N)N)NC(=O)CC. The summed E-state index contributed by atoms with van der Waals surface area (Å²) in [5, 5.41) is 2.61. The number of rotatable bonds is 8. The third-order valence-corrected chi connectivity index (χ3v) is 2.17. The van der Waals surface area contributed by atoms with Crippen molar-refractivity contribution in [3.63, 3.8) is 0 Å². The van der Waals surface area contributed by atoms with Gasteiger partial charge in [-0.25, -0.2) is 4.79 Å². The first-order valence-corrected chi connectivity index (χ1v) is 6.02. The molecule has 0 unspecified atom stereocenters. The van der Waals surface area contributed by atoms with Crippen molar-refractivity contribution in [1.82, 2.24) is 5.32 Å². The normalized spacial score (nSPS) is 11.4. The molecular weight excluding hydrogens is 236 g/mol. The molecule has 0 aliphatic carbocycles. The molecule has 0 radical (unpaired) electrons. The molecule has 0 spiro atoms. The van der Waals surface area contributed by atoms with Crippen LogP contribution < -0.4 is 16.8 Å². The molecule has 18 heavy (non-hydrogen) atoms. The third kappa shape index (κ3) is 7.48. The number of carbonyl (C=O) groups is 2. The second kappa shape index (κ2) is 9.26. The van der Waals surface area contributed by atoms with E-state index in [1.54, 1.807) is 13.8 Å². The maximum atomic E-state index is 11.6. The van der Waals surface area contributed by atoms with Crippen molar-refractivity contribution in [1.29, 1.82) is 0 Å². The van der Waals surface area contributed by atoms with Crippen molar-refractivity contribution in [3.8, 4) is 0 Å². The summed E-state index contributed by atoms with van der Waals surface area (Å²) in [4.78, 5) is 26.7. The van der Waals surface area contributed by atoms with Crippen LogP contribution in [-0.2, 0) is 14.3 Å². The summed E-state index contributed by atoms with van der Waals surface area (Å²) in [5.74, 6) is -0.598. The van der Waals surface area contributed by atoms with Crippen LogP contribution in [0.2, 0.25) is 0 Å². The van der Waals surface area contributed by atoms with Crippen LogP contribution in [0.3, 0.4) is 0 Å². The molecular formula is C11H22N4O3. The molecule has 0 aromatic heterocycles. The van der Waals surface area contributed by atoms with Crippen LogP contribution in [0.1, 0.15) is 33.1 Å². The van der Waals surface area contributed by atoms with Gasteiger partial charge in [-0.3, -0.25) is 9.79 Å². The number of nitrogens with zero attached hydrogens (tertiary/aromatic N) is 1. The van der Waals surface area contributed by atoms with Crippen LogP contribution >= 0.6 is 0 Å². The van der Waals surface area contributed by atoms with E-state index >= 15 is 0 Å². The van der Waals surface area contributed by atoms with Crippen LogP contribution in [0.5, 0.6) is 0 Å². The van der Waals surface area contributed by atoms with Gasteiger partial charge in [0.2, 0.25) is 5.91 Å². The zero-order chi connectivity index (χ0) is 14.0. The fourth-order valence-electron chi connectivity index (χ4n) is 1.29. The van der Waals surface area contributed by atoms with E-state index in [1.807, 2.05) is 0 Å². The summed E-state index contributed by atoms with van der Waals surface area (Å²) in [6.45, 7) is 4.14. The van der Waals surface area contributed by atoms with Gasteiger partial charge in [0.25, 0.3) is 0 Å². The highest BCUT2D eigenvalue weighted by atomic mass is 16.5. The Morgan fingerprint density at radius 1 is 1.33 bits per heavy atom.